The Morgan fingerprint density at radius 1 is 0.733 bits per heavy atom. The van der Waals surface area contributed by atoms with Gasteiger partial charge in [0.05, 0.1) is 53.2 Å². The van der Waals surface area contributed by atoms with Crippen molar-refractivity contribution < 1.29 is 31.9 Å². The van der Waals surface area contributed by atoms with E-state index >= 15 is 0 Å². The molecule has 4 aromatic carbocycles. The molecular weight excluding hydrogens is 979 g/mol. The van der Waals surface area contributed by atoms with Crippen LogP contribution in [0.5, 0.6) is 0 Å². The zero-order valence-corrected chi connectivity index (χ0v) is 40.5. The lowest BCUT2D eigenvalue weighted by Gasteiger charge is -2.41. The molecule has 4 aliphatic heterocycles. The molecular formula is C51H47F4N15O5. The number of halogens is 4. The minimum atomic E-state index is -1.03. The molecule has 3 aromatic heterocycles. The number of hydrogen-bond acceptors (Lipinski definition) is 14. The van der Waals surface area contributed by atoms with Gasteiger partial charge in [-0.05, 0) is 86.5 Å². The van der Waals surface area contributed by atoms with E-state index in [2.05, 4.69) is 53.1 Å². The summed E-state index contributed by atoms with van der Waals surface area (Å²) in [6.07, 6.45) is 0.550. The van der Waals surface area contributed by atoms with Crippen LogP contribution in [0.25, 0.3) is 22.4 Å². The number of imidazole rings is 1. The molecule has 4 fully saturated rings. The van der Waals surface area contributed by atoms with Crippen molar-refractivity contribution >= 4 is 63.9 Å². The summed E-state index contributed by atoms with van der Waals surface area (Å²) in [5.41, 5.74) is 1.29. The van der Waals surface area contributed by atoms with Gasteiger partial charge in [0.1, 0.15) is 34.1 Å². The van der Waals surface area contributed by atoms with Gasteiger partial charge in [-0.15, -0.1) is 0 Å². The van der Waals surface area contributed by atoms with Crippen LogP contribution in [0.15, 0.2) is 99.6 Å². The number of para-hydroxylation sites is 2. The summed E-state index contributed by atoms with van der Waals surface area (Å²) in [6.45, 7) is 9.94. The molecule has 75 heavy (non-hydrogen) atoms. The van der Waals surface area contributed by atoms with Gasteiger partial charge >= 0.3 is 0 Å². The number of piperazine rings is 2. The van der Waals surface area contributed by atoms with E-state index in [1.807, 2.05) is 30.4 Å². The second-order valence-corrected chi connectivity index (χ2v) is 18.7. The Labute approximate surface area is 423 Å². The molecule has 4 N–H and O–H groups in total. The van der Waals surface area contributed by atoms with E-state index in [1.54, 1.807) is 29.3 Å². The molecule has 0 radical (unpaired) electrons. The van der Waals surface area contributed by atoms with Crippen LogP contribution in [-0.4, -0.2) is 122 Å². The van der Waals surface area contributed by atoms with E-state index in [1.165, 1.54) is 12.1 Å². The van der Waals surface area contributed by atoms with Crippen LogP contribution in [-0.2, 0) is 11.8 Å². The van der Waals surface area contributed by atoms with Crippen LogP contribution in [0.2, 0.25) is 0 Å². The van der Waals surface area contributed by atoms with Crippen LogP contribution < -0.4 is 47.2 Å². The molecule has 20 nitrogen and oxygen atoms in total. The molecule has 1 unspecified atom stereocenters. The number of hydrogen-bond donors (Lipinski definition) is 4. The summed E-state index contributed by atoms with van der Waals surface area (Å²) in [7, 11) is 1.87. The van der Waals surface area contributed by atoms with Crippen molar-refractivity contribution in [3.05, 3.63) is 152 Å². The predicted octanol–water partition coefficient (Wildman–Crippen LogP) is 3.96. The zero-order chi connectivity index (χ0) is 52.6. The highest BCUT2D eigenvalue weighted by atomic mass is 19.1. The fourth-order valence-corrected chi connectivity index (χ4v) is 10.6. The van der Waals surface area contributed by atoms with E-state index in [4.69, 9.17) is 4.98 Å². The molecule has 7 aromatic rings. The van der Waals surface area contributed by atoms with Crippen LogP contribution in [0, 0.1) is 37.1 Å². The van der Waals surface area contributed by atoms with Crippen molar-refractivity contribution in [2.24, 2.45) is 12.1 Å². The number of hydrazone groups is 1. The van der Waals surface area contributed by atoms with Gasteiger partial charge in [0, 0.05) is 70.2 Å². The molecule has 24 heteroatoms. The van der Waals surface area contributed by atoms with Gasteiger partial charge in [-0.3, -0.25) is 39.2 Å². The Kier molecular flexibility index (Phi) is 12.2. The largest absolute Gasteiger partial charge is 0.366 e. The molecule has 7 heterocycles. The average molecular weight is 1030 g/mol. The summed E-state index contributed by atoms with van der Waals surface area (Å²) in [5.74, 6) is -5.15. The van der Waals surface area contributed by atoms with Crippen molar-refractivity contribution in [1.82, 2.24) is 44.6 Å². The van der Waals surface area contributed by atoms with Gasteiger partial charge in [0.15, 0.2) is 23.3 Å². The van der Waals surface area contributed by atoms with Gasteiger partial charge < -0.3 is 30.3 Å². The van der Waals surface area contributed by atoms with E-state index in [0.29, 0.717) is 75.0 Å². The number of nitrogens with one attached hydrogen (secondary N) is 4. The quantitative estimate of drug-likeness (QED) is 0.0377. The lowest BCUT2D eigenvalue weighted by atomic mass is 10.0. The van der Waals surface area contributed by atoms with Gasteiger partial charge in [-0.1, -0.05) is 12.1 Å². The molecule has 0 spiro atoms. The number of anilines is 5. The lowest BCUT2D eigenvalue weighted by molar-refractivity contribution is -0.120. The number of carbonyl (C=O) groups excluding carboxylic acids is 3. The molecule has 11 rings (SSSR count). The summed E-state index contributed by atoms with van der Waals surface area (Å²) in [5, 5.41) is 26.0. The first-order valence-corrected chi connectivity index (χ1v) is 23.9. The highest BCUT2D eigenvalue weighted by molar-refractivity contribution is 6.08. The Bertz CT molecular complexity index is 3610. The topological polar surface area (TPSA) is 212 Å². The lowest BCUT2D eigenvalue weighted by Crippen LogP contribution is -2.52. The van der Waals surface area contributed by atoms with Gasteiger partial charge in [-0.25, -0.2) is 22.5 Å². The number of rotatable bonds is 15. The summed E-state index contributed by atoms with van der Waals surface area (Å²) >= 11 is 0. The second kappa shape index (κ2) is 18.9. The SMILES string of the molecule is C=NN(CNCC(=O)N[C@@H]1CCN(c2c(NC(=O)c3ccc(=O)n(-c4c(F)cccc4F)n3)ccc3c2nc(C)n3C)C1)c1ccc(NC(=O)c2ccc(=O)n(-c3c(F)cccc3F)n2)c(N2C[C@@H]3[C@H]4[C@H]2CN43)c1C. The van der Waals surface area contributed by atoms with Crippen molar-refractivity contribution in [3.8, 4) is 11.4 Å². The maximum Gasteiger partial charge on any atom is 0.276 e. The molecule has 0 saturated carbocycles. The van der Waals surface area contributed by atoms with Crippen LogP contribution >= 0.6 is 0 Å². The third-order valence-electron chi connectivity index (χ3n) is 14.4. The van der Waals surface area contributed by atoms with Crippen molar-refractivity contribution in [2.75, 3.05) is 64.8 Å². The zero-order valence-electron chi connectivity index (χ0n) is 40.5. The number of aryl methyl sites for hydroxylation is 2. The first kappa shape index (κ1) is 48.5. The Hall–Kier alpha value is -8.77. The van der Waals surface area contributed by atoms with Gasteiger partial charge in [0.2, 0.25) is 5.91 Å². The third-order valence-corrected chi connectivity index (χ3v) is 14.4. The number of fused-ring (bicyclic) bond motifs is 2. The smallest absolute Gasteiger partial charge is 0.276 e. The fraction of sp³-hybridized carbons (Fsp3) is 0.275. The number of amides is 3. The third kappa shape index (κ3) is 8.59. The van der Waals surface area contributed by atoms with Gasteiger partial charge in [0.25, 0.3) is 22.9 Å². The standard InChI is InChI=1S/C51H47F4N15O5/c1-26-37(15-11-33(45(26)66-23-40-49-39(66)24-67(40)49)60-50(74)35-13-17-42(72)69(62-35)46-29(52)7-5-8-30(46)53)68(56-3)25-57-21-41(71)59-28-19-20-65(22-28)48-34(12-16-38-44(48)58-27(2)64(38)4)61-51(75)36-14-18-43(73)70(63-36)47-31(54)9-6-10-32(47)55/h5-18,28,39-40,49,57H,3,19-25H2,1-2,4H3,(H,59,71)(H,60,74)(H,61,75)/t28-,39-,40-,49-,67?/m1/s1. The number of carbonyl (C=O) groups is 3. The number of aromatic nitrogens is 6. The Balaban J connectivity index is 0.767. The van der Waals surface area contributed by atoms with Crippen LogP contribution in [0.1, 0.15) is 38.8 Å². The van der Waals surface area contributed by atoms with Crippen LogP contribution in [0.4, 0.5) is 46.0 Å². The summed E-state index contributed by atoms with van der Waals surface area (Å²) in [6, 6.07) is 18.3. The van der Waals surface area contributed by atoms with Gasteiger partial charge in [-0.2, -0.15) is 24.7 Å². The number of nitrogens with zero attached hydrogens (tertiary/aromatic N) is 11. The maximum atomic E-state index is 14.7. The highest BCUT2D eigenvalue weighted by Gasteiger charge is 2.68. The molecule has 0 aliphatic carbocycles. The van der Waals surface area contributed by atoms with Crippen molar-refractivity contribution in [3.63, 3.8) is 0 Å². The molecule has 4 aliphatic rings. The molecule has 3 amide bonds. The van der Waals surface area contributed by atoms with Crippen LogP contribution in [0.3, 0.4) is 0 Å². The Morgan fingerprint density at radius 2 is 1.32 bits per heavy atom. The van der Waals surface area contributed by atoms with E-state index in [-0.39, 0.29) is 42.6 Å². The second-order valence-electron chi connectivity index (χ2n) is 18.7. The summed E-state index contributed by atoms with van der Waals surface area (Å²) < 4.78 is 61.7. The minimum Gasteiger partial charge on any atom is -0.366 e. The van der Waals surface area contributed by atoms with E-state index < -0.39 is 57.6 Å². The van der Waals surface area contributed by atoms with Crippen molar-refractivity contribution in [1.29, 1.82) is 0 Å². The molecule has 4 saturated heterocycles. The minimum absolute atomic E-state index is 0.0753. The predicted molar refractivity (Wildman–Crippen MR) is 271 cm³/mol. The van der Waals surface area contributed by atoms with E-state index in [9.17, 15) is 41.5 Å². The highest BCUT2D eigenvalue weighted by Crippen LogP contribution is 2.53. The summed E-state index contributed by atoms with van der Waals surface area (Å²) in [4.78, 5) is 78.0. The normalized spacial score (nSPS) is 19.2. The molecule has 0 bridgehead atoms. The number of benzene rings is 4. The van der Waals surface area contributed by atoms with E-state index in [0.717, 1.165) is 78.4 Å². The van der Waals surface area contributed by atoms with Crippen molar-refractivity contribution in [2.45, 2.75) is 44.4 Å². The fourth-order valence-electron chi connectivity index (χ4n) is 10.6. The monoisotopic (exact) mass is 1030 g/mol. The average Bonchev–Trinajstić information content (AvgIpc) is 3.71. The first-order valence-electron chi connectivity index (χ1n) is 23.9. The molecule has 5 atom stereocenters. The Morgan fingerprint density at radius 3 is 1.88 bits per heavy atom. The molecule has 384 valence electrons. The maximum absolute atomic E-state index is 14.7. The first-order chi connectivity index (χ1) is 36.1.